The number of nitrogens with one attached hydrogen (secondary N) is 3. The normalized spacial score (nSPS) is 35.3. The van der Waals surface area contributed by atoms with Gasteiger partial charge in [-0.1, -0.05) is 0 Å². The van der Waals surface area contributed by atoms with Crippen LogP contribution in [0.3, 0.4) is 0 Å². The summed E-state index contributed by atoms with van der Waals surface area (Å²) >= 11 is 0. The molecule has 1 atom stereocenters. The van der Waals surface area contributed by atoms with Gasteiger partial charge in [-0.15, -0.1) is 0 Å². The number of hydrogen-bond donors (Lipinski definition) is 4. The van der Waals surface area contributed by atoms with Crippen LogP contribution in [0.15, 0.2) is 0 Å². The van der Waals surface area contributed by atoms with Gasteiger partial charge in [0, 0.05) is 12.6 Å². The first-order chi connectivity index (χ1) is 7.15. The van der Waals surface area contributed by atoms with Crippen molar-refractivity contribution in [2.45, 2.75) is 31.0 Å². The van der Waals surface area contributed by atoms with E-state index < -0.39 is 0 Å². The summed E-state index contributed by atoms with van der Waals surface area (Å²) in [5.41, 5.74) is 0. The molecule has 1 unspecified atom stereocenters. The summed E-state index contributed by atoms with van der Waals surface area (Å²) in [7, 11) is 0. The third-order valence-corrected chi connectivity index (χ3v) is 2.79. The number of rotatable bonds is 2. The summed E-state index contributed by atoms with van der Waals surface area (Å²) < 4.78 is 0. The Hall–Kier alpha value is -1.14. The Labute approximate surface area is 87.4 Å². The van der Waals surface area contributed by atoms with Crippen LogP contribution in [0.5, 0.6) is 0 Å². The van der Waals surface area contributed by atoms with Crippen molar-refractivity contribution in [3.05, 3.63) is 0 Å². The molecule has 2 amide bonds. The molecule has 2 aliphatic rings. The molecule has 1 saturated carbocycles. The highest BCUT2D eigenvalue weighted by molar-refractivity contribution is 5.86. The fourth-order valence-electron chi connectivity index (χ4n) is 1.76. The van der Waals surface area contributed by atoms with E-state index >= 15 is 0 Å². The van der Waals surface area contributed by atoms with Gasteiger partial charge in [0.05, 0.1) is 12.6 Å². The van der Waals surface area contributed by atoms with E-state index in [1.54, 1.807) is 0 Å². The minimum Gasteiger partial charge on any atom is -0.393 e. The number of hydrogen-bond acceptors (Lipinski definition) is 4. The highest BCUT2D eigenvalue weighted by Crippen LogP contribution is 2.19. The van der Waals surface area contributed by atoms with Crippen molar-refractivity contribution in [2.75, 3.05) is 13.1 Å². The standard InChI is InChI=1S/C9H15N3O3/c13-6-1-5(2-6)12-9(15)7-3-11-8(14)4-10-7/h5-7,10,13H,1-4H2,(H,11,14)(H,12,15). The largest absolute Gasteiger partial charge is 0.393 e. The highest BCUT2D eigenvalue weighted by Gasteiger charge is 2.31. The van der Waals surface area contributed by atoms with Gasteiger partial charge in [-0.25, -0.2) is 0 Å². The van der Waals surface area contributed by atoms with Crippen molar-refractivity contribution >= 4 is 11.8 Å². The summed E-state index contributed by atoms with van der Waals surface area (Å²) in [4.78, 5) is 22.4. The van der Waals surface area contributed by atoms with Crippen molar-refractivity contribution in [1.82, 2.24) is 16.0 Å². The maximum absolute atomic E-state index is 11.6. The number of aliphatic hydroxyl groups excluding tert-OH is 1. The number of carbonyl (C=O) groups excluding carboxylic acids is 2. The van der Waals surface area contributed by atoms with Gasteiger partial charge >= 0.3 is 0 Å². The molecule has 0 spiro atoms. The first-order valence-electron chi connectivity index (χ1n) is 5.13. The molecule has 1 aliphatic carbocycles. The van der Waals surface area contributed by atoms with Crippen LogP contribution in [-0.2, 0) is 9.59 Å². The maximum atomic E-state index is 11.6. The molecule has 1 aliphatic heterocycles. The van der Waals surface area contributed by atoms with Gasteiger partial charge in [0.25, 0.3) is 0 Å². The lowest BCUT2D eigenvalue weighted by molar-refractivity contribution is -0.127. The molecule has 4 N–H and O–H groups in total. The fourth-order valence-corrected chi connectivity index (χ4v) is 1.76. The van der Waals surface area contributed by atoms with Gasteiger partial charge in [-0.2, -0.15) is 0 Å². The second kappa shape index (κ2) is 4.16. The molecule has 0 aromatic heterocycles. The summed E-state index contributed by atoms with van der Waals surface area (Å²) in [6.45, 7) is 0.519. The quantitative estimate of drug-likeness (QED) is 0.416. The van der Waals surface area contributed by atoms with Crippen LogP contribution in [0, 0.1) is 0 Å². The van der Waals surface area contributed by atoms with Crippen molar-refractivity contribution < 1.29 is 14.7 Å². The predicted molar refractivity (Wildman–Crippen MR) is 52.0 cm³/mol. The molecule has 84 valence electrons. The summed E-state index contributed by atoms with van der Waals surface area (Å²) in [5.74, 6) is -0.190. The molecule has 2 rings (SSSR count). The molecule has 6 heteroatoms. The summed E-state index contributed by atoms with van der Waals surface area (Å²) in [6.07, 6.45) is 0.990. The van der Waals surface area contributed by atoms with Gasteiger partial charge < -0.3 is 15.7 Å². The Balaban J connectivity index is 1.74. The van der Waals surface area contributed by atoms with Crippen LogP contribution < -0.4 is 16.0 Å². The Bertz CT molecular complexity index is 266. The van der Waals surface area contributed by atoms with Crippen molar-refractivity contribution in [1.29, 1.82) is 0 Å². The molecule has 0 radical (unpaired) electrons. The molecular weight excluding hydrogens is 198 g/mol. The Morgan fingerprint density at radius 1 is 1.47 bits per heavy atom. The van der Waals surface area contributed by atoms with E-state index in [9.17, 15) is 9.59 Å². The van der Waals surface area contributed by atoms with Crippen LogP contribution in [0.1, 0.15) is 12.8 Å². The average molecular weight is 213 g/mol. The van der Waals surface area contributed by atoms with Crippen LogP contribution in [-0.4, -0.2) is 48.2 Å². The minimum absolute atomic E-state index is 0.0851. The van der Waals surface area contributed by atoms with E-state index in [-0.39, 0.29) is 36.5 Å². The second-order valence-electron chi connectivity index (χ2n) is 4.07. The highest BCUT2D eigenvalue weighted by atomic mass is 16.3. The zero-order chi connectivity index (χ0) is 10.8. The van der Waals surface area contributed by atoms with Gasteiger partial charge in [0.1, 0.15) is 6.04 Å². The van der Waals surface area contributed by atoms with Gasteiger partial charge in [-0.3, -0.25) is 14.9 Å². The molecule has 0 aromatic carbocycles. The van der Waals surface area contributed by atoms with Gasteiger partial charge in [-0.05, 0) is 12.8 Å². The maximum Gasteiger partial charge on any atom is 0.239 e. The van der Waals surface area contributed by atoms with E-state index in [0.29, 0.717) is 19.4 Å². The van der Waals surface area contributed by atoms with E-state index in [2.05, 4.69) is 16.0 Å². The van der Waals surface area contributed by atoms with E-state index in [1.807, 2.05) is 0 Å². The second-order valence-corrected chi connectivity index (χ2v) is 4.07. The average Bonchev–Trinajstić information content (AvgIpc) is 2.16. The number of carbonyl (C=O) groups is 2. The summed E-state index contributed by atoms with van der Waals surface area (Å²) in [6, 6.07) is -0.257. The molecule has 2 fully saturated rings. The molecule has 6 nitrogen and oxygen atoms in total. The number of piperazine rings is 1. The lowest BCUT2D eigenvalue weighted by Gasteiger charge is -2.34. The van der Waals surface area contributed by atoms with E-state index in [4.69, 9.17) is 5.11 Å². The Morgan fingerprint density at radius 2 is 2.20 bits per heavy atom. The first kappa shape index (κ1) is 10.4. The fraction of sp³-hybridized carbons (Fsp3) is 0.778. The minimum atomic E-state index is -0.347. The number of aliphatic hydroxyl groups is 1. The number of amides is 2. The monoisotopic (exact) mass is 213 g/mol. The lowest BCUT2D eigenvalue weighted by atomic mass is 9.89. The first-order valence-corrected chi connectivity index (χ1v) is 5.13. The van der Waals surface area contributed by atoms with Crippen molar-refractivity contribution in [3.63, 3.8) is 0 Å². The van der Waals surface area contributed by atoms with Gasteiger partial charge in [0.15, 0.2) is 0 Å². The van der Waals surface area contributed by atoms with Crippen LogP contribution in [0.4, 0.5) is 0 Å². The van der Waals surface area contributed by atoms with Gasteiger partial charge in [0.2, 0.25) is 11.8 Å². The van der Waals surface area contributed by atoms with E-state index in [1.165, 1.54) is 0 Å². The van der Waals surface area contributed by atoms with Crippen LogP contribution >= 0.6 is 0 Å². The van der Waals surface area contributed by atoms with Crippen LogP contribution in [0.2, 0.25) is 0 Å². The smallest absolute Gasteiger partial charge is 0.239 e. The zero-order valence-corrected chi connectivity index (χ0v) is 8.32. The topological polar surface area (TPSA) is 90.5 Å². The molecule has 0 aromatic rings. The molecule has 1 heterocycles. The lowest BCUT2D eigenvalue weighted by Crippen LogP contribution is -2.60. The third-order valence-electron chi connectivity index (χ3n) is 2.79. The van der Waals surface area contributed by atoms with Crippen molar-refractivity contribution in [2.24, 2.45) is 0 Å². The Morgan fingerprint density at radius 3 is 2.73 bits per heavy atom. The van der Waals surface area contributed by atoms with E-state index in [0.717, 1.165) is 0 Å². The predicted octanol–water partition coefficient (Wildman–Crippen LogP) is -2.29. The molecule has 15 heavy (non-hydrogen) atoms. The van der Waals surface area contributed by atoms with Crippen LogP contribution in [0.25, 0.3) is 0 Å². The zero-order valence-electron chi connectivity index (χ0n) is 8.32. The molecule has 0 bridgehead atoms. The van der Waals surface area contributed by atoms with Crippen molar-refractivity contribution in [3.8, 4) is 0 Å². The molecule has 1 saturated heterocycles. The SMILES string of the molecule is O=C1CNC(C(=O)NC2CC(O)C2)CN1. The molecular formula is C9H15N3O3. The summed E-state index contributed by atoms with van der Waals surface area (Å²) in [5, 5.41) is 17.3. The third kappa shape index (κ3) is 2.45. The Kier molecular flexibility index (Phi) is 2.88.